The Hall–Kier alpha value is -2.68. The van der Waals surface area contributed by atoms with Gasteiger partial charge >= 0.3 is 0 Å². The van der Waals surface area contributed by atoms with Crippen LogP contribution >= 0.6 is 11.6 Å². The maximum absolute atomic E-state index is 14.5. The number of benzene rings is 2. The number of hydrogen-bond acceptors (Lipinski definition) is 5. The predicted octanol–water partition coefficient (Wildman–Crippen LogP) is 3.31. The third-order valence-electron chi connectivity index (χ3n) is 5.40. The van der Waals surface area contributed by atoms with E-state index in [1.165, 1.54) is 6.07 Å². The molecule has 164 valence electrons. The van der Waals surface area contributed by atoms with Crippen LogP contribution in [0.2, 0.25) is 5.02 Å². The number of fused-ring (bicyclic) bond motifs is 1. The monoisotopic (exact) mass is 443 g/mol. The molecule has 2 aromatic carbocycles. The topological polar surface area (TPSA) is 60.7 Å². The van der Waals surface area contributed by atoms with Crippen LogP contribution in [0.5, 0.6) is 0 Å². The summed E-state index contributed by atoms with van der Waals surface area (Å²) in [5.74, 6) is 0.134. The molecule has 0 radical (unpaired) electrons. The average Bonchev–Trinajstić information content (AvgIpc) is 3.33. The van der Waals surface area contributed by atoms with Gasteiger partial charge in [0.05, 0.1) is 10.7 Å². The molecule has 1 aromatic heterocycles. The second-order valence-corrected chi connectivity index (χ2v) is 8.43. The van der Waals surface area contributed by atoms with Gasteiger partial charge < -0.3 is 15.6 Å². The lowest BCUT2D eigenvalue weighted by atomic mass is 10.1. The molecule has 0 amide bonds. The average molecular weight is 444 g/mol. The summed E-state index contributed by atoms with van der Waals surface area (Å²) in [5, 5.41) is 10.5. The molecule has 1 fully saturated rings. The van der Waals surface area contributed by atoms with E-state index in [2.05, 4.69) is 31.8 Å². The van der Waals surface area contributed by atoms with E-state index in [9.17, 15) is 4.39 Å². The van der Waals surface area contributed by atoms with Crippen LogP contribution in [-0.2, 0) is 7.05 Å². The zero-order chi connectivity index (χ0) is 22.1. The third kappa shape index (κ3) is 4.66. The van der Waals surface area contributed by atoms with Crippen molar-refractivity contribution in [1.29, 1.82) is 0 Å². The molecule has 1 saturated heterocycles. The molecule has 1 atom stereocenters. The molecule has 1 aliphatic heterocycles. The summed E-state index contributed by atoms with van der Waals surface area (Å²) in [4.78, 5) is 7.00. The molecular weight excluding hydrogens is 417 g/mol. The molecule has 7 nitrogen and oxygen atoms in total. The van der Waals surface area contributed by atoms with Gasteiger partial charge in [0.1, 0.15) is 11.4 Å². The lowest BCUT2D eigenvalue weighted by molar-refractivity contribution is 0.363. The number of likely N-dealkylation sites (N-methyl/N-ethyl adjacent to an activating group) is 1. The van der Waals surface area contributed by atoms with Gasteiger partial charge in [0, 0.05) is 69.2 Å². The van der Waals surface area contributed by atoms with Crippen LogP contribution in [0.1, 0.15) is 12.0 Å². The van der Waals surface area contributed by atoms with Gasteiger partial charge in [-0.15, -0.1) is 0 Å². The van der Waals surface area contributed by atoms with Gasteiger partial charge in [-0.2, -0.15) is 5.10 Å². The highest BCUT2D eigenvalue weighted by Crippen LogP contribution is 2.29. The van der Waals surface area contributed by atoms with Crippen LogP contribution in [0.15, 0.2) is 41.5 Å². The molecule has 31 heavy (non-hydrogen) atoms. The first kappa shape index (κ1) is 21.5. The minimum atomic E-state index is -0.407. The van der Waals surface area contributed by atoms with Gasteiger partial charge in [0.2, 0.25) is 0 Å². The number of nitrogens with zero attached hydrogens (tertiary/aromatic N) is 5. The van der Waals surface area contributed by atoms with Crippen LogP contribution < -0.4 is 15.6 Å². The summed E-state index contributed by atoms with van der Waals surface area (Å²) in [6.07, 6.45) is 2.87. The van der Waals surface area contributed by atoms with E-state index >= 15 is 0 Å². The fraction of sp³-hybridized carbons (Fsp3) is 0.364. The molecule has 1 unspecified atom stereocenters. The number of anilines is 1. The van der Waals surface area contributed by atoms with Crippen molar-refractivity contribution in [3.8, 4) is 0 Å². The van der Waals surface area contributed by atoms with E-state index in [0.29, 0.717) is 33.5 Å². The van der Waals surface area contributed by atoms with Gasteiger partial charge in [0.25, 0.3) is 0 Å². The maximum Gasteiger partial charge on any atom is 0.153 e. The second kappa shape index (κ2) is 8.82. The van der Waals surface area contributed by atoms with Crippen molar-refractivity contribution in [2.45, 2.75) is 12.5 Å². The Bertz CT molecular complexity index is 1120. The lowest BCUT2D eigenvalue weighted by Crippen LogP contribution is -2.37. The van der Waals surface area contributed by atoms with E-state index < -0.39 is 5.82 Å². The zero-order valence-electron chi connectivity index (χ0n) is 18.2. The third-order valence-corrected chi connectivity index (χ3v) is 5.71. The van der Waals surface area contributed by atoms with Crippen LogP contribution in [0.4, 0.5) is 15.8 Å². The van der Waals surface area contributed by atoms with Gasteiger partial charge in [0.15, 0.2) is 5.82 Å². The standard InChI is InChI=1S/C22H27ClFN7/c1-25-15-7-8-31(13-15)17-5-6-18(19(23)11-17)22(28-29(2)3)26-16-9-14-12-30(4)27-21(14)20(24)10-16/h5-6,9-12,15,25H,7-8,13H2,1-4H3,(H,26,28). The number of aromatic nitrogens is 2. The second-order valence-electron chi connectivity index (χ2n) is 8.02. The SMILES string of the molecule is CNC1CCN(c2ccc(C(=Nc3cc(F)c4nn(C)cc4c3)NN(C)C)c(Cl)c2)C1. The van der Waals surface area contributed by atoms with Crippen molar-refractivity contribution in [3.63, 3.8) is 0 Å². The summed E-state index contributed by atoms with van der Waals surface area (Å²) in [5.41, 5.74) is 5.84. The fourth-order valence-corrected chi connectivity index (χ4v) is 4.14. The quantitative estimate of drug-likeness (QED) is 0.360. The van der Waals surface area contributed by atoms with Gasteiger partial charge in [-0.1, -0.05) is 11.6 Å². The minimum absolute atomic E-state index is 0.330. The first-order chi connectivity index (χ1) is 14.8. The number of aliphatic imine (C=N–C) groups is 1. The van der Waals surface area contributed by atoms with E-state index in [4.69, 9.17) is 11.6 Å². The van der Waals surface area contributed by atoms with Gasteiger partial charge in [-0.3, -0.25) is 4.68 Å². The van der Waals surface area contributed by atoms with Gasteiger partial charge in [-0.25, -0.2) is 14.4 Å². The largest absolute Gasteiger partial charge is 0.370 e. The first-order valence-electron chi connectivity index (χ1n) is 10.2. The molecule has 0 bridgehead atoms. The molecule has 9 heteroatoms. The molecule has 1 aliphatic rings. The lowest BCUT2D eigenvalue weighted by Gasteiger charge is -2.21. The normalized spacial score (nSPS) is 17.2. The van der Waals surface area contributed by atoms with E-state index in [1.807, 2.05) is 39.3 Å². The Balaban J connectivity index is 1.69. The number of rotatable bonds is 5. The number of aryl methyl sites for hydroxylation is 1. The predicted molar refractivity (Wildman–Crippen MR) is 125 cm³/mol. The van der Waals surface area contributed by atoms with Gasteiger partial charge in [-0.05, 0) is 37.7 Å². The van der Waals surface area contributed by atoms with Crippen molar-refractivity contribution >= 4 is 39.7 Å². The molecule has 0 spiro atoms. The maximum atomic E-state index is 14.5. The van der Waals surface area contributed by atoms with E-state index in [-0.39, 0.29) is 0 Å². The number of halogens is 2. The highest BCUT2D eigenvalue weighted by Gasteiger charge is 2.22. The highest BCUT2D eigenvalue weighted by atomic mass is 35.5. The Labute approximate surface area is 186 Å². The number of hydrazine groups is 1. The van der Waals surface area contributed by atoms with E-state index in [1.54, 1.807) is 22.9 Å². The van der Waals surface area contributed by atoms with Crippen molar-refractivity contribution < 1.29 is 4.39 Å². The van der Waals surface area contributed by atoms with Crippen LogP contribution in [0, 0.1) is 5.82 Å². The summed E-state index contributed by atoms with van der Waals surface area (Å²) >= 11 is 6.68. The Morgan fingerprint density at radius 3 is 2.77 bits per heavy atom. The molecule has 3 aromatic rings. The molecular formula is C22H27ClFN7. The van der Waals surface area contributed by atoms with Crippen molar-refractivity contribution in [2.75, 3.05) is 39.1 Å². The van der Waals surface area contributed by atoms with Crippen LogP contribution in [-0.4, -0.2) is 60.9 Å². The van der Waals surface area contributed by atoms with Crippen LogP contribution in [0.25, 0.3) is 10.9 Å². The number of amidine groups is 1. The molecule has 0 aliphatic carbocycles. The smallest absolute Gasteiger partial charge is 0.153 e. The summed E-state index contributed by atoms with van der Waals surface area (Å²) in [6, 6.07) is 9.66. The van der Waals surface area contributed by atoms with Crippen molar-refractivity contribution in [1.82, 2.24) is 25.5 Å². The Morgan fingerprint density at radius 1 is 1.29 bits per heavy atom. The Kier molecular flexibility index (Phi) is 6.13. The molecule has 2 N–H and O–H groups in total. The number of hydrogen-bond donors (Lipinski definition) is 2. The van der Waals surface area contributed by atoms with Crippen molar-refractivity contribution in [2.24, 2.45) is 12.0 Å². The minimum Gasteiger partial charge on any atom is -0.370 e. The highest BCUT2D eigenvalue weighted by molar-refractivity contribution is 6.34. The fourth-order valence-electron chi connectivity index (χ4n) is 3.87. The first-order valence-corrected chi connectivity index (χ1v) is 10.6. The van der Waals surface area contributed by atoms with E-state index in [0.717, 1.165) is 30.8 Å². The summed E-state index contributed by atoms with van der Waals surface area (Å²) < 4.78 is 16.1. The molecule has 4 rings (SSSR count). The summed E-state index contributed by atoms with van der Waals surface area (Å²) in [6.45, 7) is 1.94. The molecule has 0 saturated carbocycles. The Morgan fingerprint density at radius 2 is 2.10 bits per heavy atom. The number of nitrogens with one attached hydrogen (secondary N) is 2. The molecule has 2 heterocycles. The van der Waals surface area contributed by atoms with Crippen LogP contribution in [0.3, 0.4) is 0 Å². The summed E-state index contributed by atoms with van der Waals surface area (Å²) in [7, 11) is 7.49. The van der Waals surface area contributed by atoms with Crippen molar-refractivity contribution in [3.05, 3.63) is 52.9 Å². The zero-order valence-corrected chi connectivity index (χ0v) is 18.9.